The lowest BCUT2D eigenvalue weighted by atomic mass is 10.1. The largest absolute Gasteiger partial charge is 0.398 e. The van der Waals surface area contributed by atoms with Crippen LogP contribution in [0, 0.1) is 5.82 Å². The van der Waals surface area contributed by atoms with Gasteiger partial charge in [0.2, 0.25) is 0 Å². The Morgan fingerprint density at radius 3 is 2.83 bits per heavy atom. The van der Waals surface area contributed by atoms with Crippen LogP contribution in [-0.2, 0) is 0 Å². The molecule has 0 aliphatic heterocycles. The maximum atomic E-state index is 13.1. The molecule has 92 valence electrons. The number of pyridine rings is 1. The second-order valence-corrected chi connectivity index (χ2v) is 3.81. The maximum Gasteiger partial charge on any atom is 0.260 e. The lowest BCUT2D eigenvalue weighted by Crippen LogP contribution is -2.27. The van der Waals surface area contributed by atoms with Crippen molar-refractivity contribution < 1.29 is 9.18 Å². The van der Waals surface area contributed by atoms with Crippen LogP contribution in [0.15, 0.2) is 42.7 Å². The van der Waals surface area contributed by atoms with E-state index in [-0.39, 0.29) is 17.2 Å². The monoisotopic (exact) mass is 245 g/mol. The van der Waals surface area contributed by atoms with Crippen LogP contribution in [0.25, 0.3) is 0 Å². The molecule has 1 aromatic heterocycles. The van der Waals surface area contributed by atoms with Gasteiger partial charge in [0.15, 0.2) is 0 Å². The Kier molecular flexibility index (Phi) is 3.23. The van der Waals surface area contributed by atoms with E-state index in [0.717, 1.165) is 6.07 Å². The second-order valence-electron chi connectivity index (χ2n) is 3.81. The lowest BCUT2D eigenvalue weighted by molar-refractivity contribution is 0.0993. The van der Waals surface area contributed by atoms with E-state index in [1.54, 1.807) is 31.6 Å². The number of carbonyl (C=O) groups excluding carboxylic acids is 1. The Morgan fingerprint density at radius 2 is 2.17 bits per heavy atom. The van der Waals surface area contributed by atoms with Crippen LogP contribution in [0.1, 0.15) is 10.4 Å². The quantitative estimate of drug-likeness (QED) is 0.824. The summed E-state index contributed by atoms with van der Waals surface area (Å²) in [5.41, 5.74) is 6.68. The summed E-state index contributed by atoms with van der Waals surface area (Å²) in [6.45, 7) is 0. The van der Waals surface area contributed by atoms with Gasteiger partial charge in [0.25, 0.3) is 5.91 Å². The van der Waals surface area contributed by atoms with Crippen LogP contribution >= 0.6 is 0 Å². The Balaban J connectivity index is 2.34. The number of halogens is 1. The minimum absolute atomic E-state index is 0.140. The molecular weight excluding hydrogens is 233 g/mol. The van der Waals surface area contributed by atoms with E-state index in [4.69, 9.17) is 5.73 Å². The van der Waals surface area contributed by atoms with Gasteiger partial charge in [-0.3, -0.25) is 9.78 Å². The minimum atomic E-state index is -0.493. The van der Waals surface area contributed by atoms with E-state index in [0.29, 0.717) is 5.69 Å². The number of nitrogens with two attached hydrogens (primary N) is 1. The first kappa shape index (κ1) is 12.0. The van der Waals surface area contributed by atoms with Gasteiger partial charge in [0.1, 0.15) is 5.82 Å². The number of amides is 1. The third-order valence-electron chi connectivity index (χ3n) is 2.58. The minimum Gasteiger partial charge on any atom is -0.398 e. The summed E-state index contributed by atoms with van der Waals surface area (Å²) in [6, 6.07) is 7.18. The molecule has 0 unspecified atom stereocenters. The predicted octanol–water partition coefficient (Wildman–Crippen LogP) is 2.08. The highest BCUT2D eigenvalue weighted by molar-refractivity contribution is 6.08. The number of hydrogen-bond donors (Lipinski definition) is 1. The molecule has 1 amide bonds. The van der Waals surface area contributed by atoms with Crippen molar-refractivity contribution in [2.24, 2.45) is 0 Å². The number of aromatic nitrogens is 1. The zero-order chi connectivity index (χ0) is 13.1. The fourth-order valence-corrected chi connectivity index (χ4v) is 1.56. The topological polar surface area (TPSA) is 59.2 Å². The number of benzene rings is 1. The van der Waals surface area contributed by atoms with Gasteiger partial charge >= 0.3 is 0 Å². The normalized spacial score (nSPS) is 10.1. The van der Waals surface area contributed by atoms with Crippen LogP contribution in [0.4, 0.5) is 15.8 Å². The van der Waals surface area contributed by atoms with E-state index >= 15 is 0 Å². The van der Waals surface area contributed by atoms with E-state index in [1.807, 2.05) is 0 Å². The fraction of sp³-hybridized carbons (Fsp3) is 0.0769. The number of anilines is 2. The van der Waals surface area contributed by atoms with Crippen molar-refractivity contribution in [3.63, 3.8) is 0 Å². The van der Waals surface area contributed by atoms with Crippen LogP contribution < -0.4 is 10.6 Å². The Labute approximate surface area is 104 Å². The summed E-state index contributed by atoms with van der Waals surface area (Å²) in [6.07, 6.45) is 3.16. The summed E-state index contributed by atoms with van der Waals surface area (Å²) in [5.74, 6) is -0.868. The smallest absolute Gasteiger partial charge is 0.260 e. The molecule has 0 saturated carbocycles. The van der Waals surface area contributed by atoms with Crippen LogP contribution in [0.3, 0.4) is 0 Å². The first-order chi connectivity index (χ1) is 8.59. The highest BCUT2D eigenvalue weighted by Crippen LogP contribution is 2.19. The average Bonchev–Trinajstić information content (AvgIpc) is 2.41. The predicted molar refractivity (Wildman–Crippen MR) is 67.8 cm³/mol. The number of nitrogens with zero attached hydrogens (tertiary/aromatic N) is 2. The fourth-order valence-electron chi connectivity index (χ4n) is 1.56. The average molecular weight is 245 g/mol. The first-order valence-corrected chi connectivity index (χ1v) is 5.32. The van der Waals surface area contributed by atoms with Crippen molar-refractivity contribution in [3.05, 3.63) is 54.1 Å². The number of hydrogen-bond acceptors (Lipinski definition) is 3. The molecule has 2 rings (SSSR count). The molecule has 18 heavy (non-hydrogen) atoms. The van der Waals surface area contributed by atoms with Gasteiger partial charge in [-0.1, -0.05) is 0 Å². The Hall–Kier alpha value is -2.43. The maximum absolute atomic E-state index is 13.1. The number of nitrogen functional groups attached to an aromatic ring is 1. The molecule has 0 aliphatic rings. The van der Waals surface area contributed by atoms with E-state index < -0.39 is 5.82 Å². The molecule has 2 N–H and O–H groups in total. The van der Waals surface area contributed by atoms with Crippen LogP contribution in [0.2, 0.25) is 0 Å². The molecule has 4 nitrogen and oxygen atoms in total. The van der Waals surface area contributed by atoms with Gasteiger partial charge < -0.3 is 10.6 Å². The summed E-state index contributed by atoms with van der Waals surface area (Å²) >= 11 is 0. The van der Waals surface area contributed by atoms with Crippen LogP contribution in [0.5, 0.6) is 0 Å². The Bertz CT molecular complexity index is 572. The summed E-state index contributed by atoms with van der Waals surface area (Å²) in [7, 11) is 1.59. The van der Waals surface area contributed by atoms with E-state index in [1.165, 1.54) is 17.0 Å². The van der Waals surface area contributed by atoms with E-state index in [9.17, 15) is 9.18 Å². The Morgan fingerprint density at radius 1 is 1.39 bits per heavy atom. The van der Waals surface area contributed by atoms with Gasteiger partial charge in [-0.15, -0.1) is 0 Å². The van der Waals surface area contributed by atoms with Gasteiger partial charge in [-0.25, -0.2) is 4.39 Å². The number of carbonyl (C=O) groups is 1. The van der Waals surface area contributed by atoms with Gasteiger partial charge in [-0.2, -0.15) is 0 Å². The number of rotatable bonds is 2. The molecule has 0 spiro atoms. The molecule has 0 aliphatic carbocycles. The van der Waals surface area contributed by atoms with Crippen molar-refractivity contribution in [2.45, 2.75) is 0 Å². The molecule has 0 atom stereocenters. The zero-order valence-electron chi connectivity index (χ0n) is 9.80. The second kappa shape index (κ2) is 4.83. The van der Waals surface area contributed by atoms with Gasteiger partial charge in [-0.05, 0) is 30.3 Å². The summed E-state index contributed by atoms with van der Waals surface area (Å²) < 4.78 is 13.1. The summed E-state index contributed by atoms with van der Waals surface area (Å²) in [4.78, 5) is 17.5. The third-order valence-corrected chi connectivity index (χ3v) is 2.58. The molecule has 0 radical (unpaired) electrons. The third kappa shape index (κ3) is 2.29. The molecular formula is C13H12FN3O. The highest BCUT2D eigenvalue weighted by Gasteiger charge is 2.16. The van der Waals surface area contributed by atoms with Crippen molar-refractivity contribution in [1.82, 2.24) is 4.98 Å². The molecule has 0 saturated heterocycles. The van der Waals surface area contributed by atoms with Gasteiger partial charge in [0.05, 0.1) is 17.4 Å². The van der Waals surface area contributed by atoms with Gasteiger partial charge in [0, 0.05) is 18.9 Å². The van der Waals surface area contributed by atoms with Crippen LogP contribution in [-0.4, -0.2) is 17.9 Å². The molecule has 0 fully saturated rings. The van der Waals surface area contributed by atoms with E-state index in [2.05, 4.69) is 4.98 Å². The van der Waals surface area contributed by atoms with Crippen molar-refractivity contribution in [3.8, 4) is 0 Å². The van der Waals surface area contributed by atoms with Crippen molar-refractivity contribution in [1.29, 1.82) is 0 Å². The first-order valence-electron chi connectivity index (χ1n) is 5.32. The van der Waals surface area contributed by atoms with Crippen molar-refractivity contribution >= 4 is 17.3 Å². The zero-order valence-corrected chi connectivity index (χ0v) is 9.80. The molecule has 1 aromatic carbocycles. The standard InChI is InChI=1S/C13H12FN3O/c1-17(10-3-2-6-16-8-10)13(18)11-7-9(14)4-5-12(11)15/h2-8H,15H2,1H3. The molecule has 1 heterocycles. The summed E-state index contributed by atoms with van der Waals surface area (Å²) in [5, 5.41) is 0. The SMILES string of the molecule is CN(C(=O)c1cc(F)ccc1N)c1cccnc1. The molecule has 2 aromatic rings. The van der Waals surface area contributed by atoms with Crippen molar-refractivity contribution in [2.75, 3.05) is 17.7 Å². The molecule has 0 bridgehead atoms. The highest BCUT2D eigenvalue weighted by atomic mass is 19.1. The lowest BCUT2D eigenvalue weighted by Gasteiger charge is -2.17. The molecule has 5 heteroatoms.